The standard InChI is InChI=1S/C23H27N3O4S/c1-4-18-20(22(28)30-3)21(15-7-9-17(29-2)10-8-15)26-16(13-31-23(26)25-18)11-19(27)24-12-14-5-6-14/h7-10,13-14,21H,4-6,11-12H2,1-3H3,(H,24,27)/t21-/m0/s1. The molecule has 1 aliphatic carbocycles. The number of fused-ring (bicyclic) bond motifs is 1. The van der Waals surface area contributed by atoms with Gasteiger partial charge in [0.15, 0.2) is 5.17 Å². The second-order valence-electron chi connectivity index (χ2n) is 7.80. The Morgan fingerprint density at radius 2 is 1.97 bits per heavy atom. The molecule has 1 amide bonds. The Balaban J connectivity index is 1.68. The highest BCUT2D eigenvalue weighted by atomic mass is 32.2. The van der Waals surface area contributed by atoms with Crippen LogP contribution in [0.4, 0.5) is 0 Å². The van der Waals surface area contributed by atoms with E-state index in [1.165, 1.54) is 31.7 Å². The van der Waals surface area contributed by atoms with Gasteiger partial charge in [0.1, 0.15) is 5.75 Å². The number of hydrogen-bond donors (Lipinski definition) is 1. The molecule has 2 heterocycles. The maximum atomic E-state index is 12.8. The van der Waals surface area contributed by atoms with Crippen LogP contribution in [0.25, 0.3) is 0 Å². The van der Waals surface area contributed by atoms with Crippen LogP contribution in [0.2, 0.25) is 0 Å². The molecule has 1 atom stereocenters. The number of aliphatic imine (C=N–C) groups is 1. The predicted molar refractivity (Wildman–Crippen MR) is 120 cm³/mol. The molecule has 0 spiro atoms. The van der Waals surface area contributed by atoms with E-state index in [1.54, 1.807) is 7.11 Å². The van der Waals surface area contributed by atoms with Gasteiger partial charge < -0.3 is 19.7 Å². The smallest absolute Gasteiger partial charge is 0.338 e. The highest BCUT2D eigenvalue weighted by Crippen LogP contribution is 2.45. The maximum absolute atomic E-state index is 12.8. The van der Waals surface area contributed by atoms with Crippen molar-refractivity contribution in [2.75, 3.05) is 20.8 Å². The summed E-state index contributed by atoms with van der Waals surface area (Å²) in [5.41, 5.74) is 2.95. The zero-order valence-electron chi connectivity index (χ0n) is 18.0. The van der Waals surface area contributed by atoms with Crippen molar-refractivity contribution < 1.29 is 19.1 Å². The van der Waals surface area contributed by atoms with Gasteiger partial charge in [0.05, 0.1) is 38.0 Å². The predicted octanol–water partition coefficient (Wildman–Crippen LogP) is 3.75. The van der Waals surface area contributed by atoms with Crippen molar-refractivity contribution in [3.63, 3.8) is 0 Å². The third-order valence-electron chi connectivity index (χ3n) is 5.69. The molecule has 0 unspecified atom stereocenters. The number of methoxy groups -OCH3 is 2. The third-order valence-corrected chi connectivity index (χ3v) is 6.58. The number of rotatable bonds is 8. The Hall–Kier alpha value is -2.74. The van der Waals surface area contributed by atoms with Gasteiger partial charge in [-0.3, -0.25) is 4.79 Å². The molecule has 0 bridgehead atoms. The molecule has 4 rings (SSSR count). The van der Waals surface area contributed by atoms with Gasteiger partial charge >= 0.3 is 5.97 Å². The number of hydrogen-bond acceptors (Lipinski definition) is 7. The fraction of sp³-hybridized carbons (Fsp3) is 0.435. The lowest BCUT2D eigenvalue weighted by atomic mass is 9.93. The van der Waals surface area contributed by atoms with Gasteiger partial charge in [-0.15, -0.1) is 0 Å². The number of allylic oxidation sites excluding steroid dienone is 1. The first-order valence-electron chi connectivity index (χ1n) is 10.5. The quantitative estimate of drug-likeness (QED) is 0.619. The summed E-state index contributed by atoms with van der Waals surface area (Å²) in [7, 11) is 3.00. The second kappa shape index (κ2) is 9.18. The molecule has 1 aromatic carbocycles. The number of nitrogens with one attached hydrogen (secondary N) is 1. The minimum atomic E-state index is -0.418. The molecule has 3 aliphatic rings. The van der Waals surface area contributed by atoms with Gasteiger partial charge in [-0.25, -0.2) is 9.79 Å². The Labute approximate surface area is 186 Å². The van der Waals surface area contributed by atoms with Crippen LogP contribution >= 0.6 is 11.8 Å². The van der Waals surface area contributed by atoms with Gasteiger partial charge in [0.25, 0.3) is 0 Å². The van der Waals surface area contributed by atoms with Crippen molar-refractivity contribution in [3.8, 4) is 5.75 Å². The van der Waals surface area contributed by atoms with Crippen LogP contribution < -0.4 is 10.1 Å². The van der Waals surface area contributed by atoms with Crippen LogP contribution in [0.3, 0.4) is 0 Å². The van der Waals surface area contributed by atoms with Crippen LogP contribution in [-0.2, 0) is 14.3 Å². The molecule has 1 saturated carbocycles. The minimum Gasteiger partial charge on any atom is -0.497 e. The molecule has 0 saturated heterocycles. The fourth-order valence-corrected chi connectivity index (χ4v) is 4.76. The average molecular weight is 442 g/mol. The zero-order valence-corrected chi connectivity index (χ0v) is 18.8. The van der Waals surface area contributed by atoms with Gasteiger partial charge in [0.2, 0.25) is 5.91 Å². The Bertz CT molecular complexity index is 964. The van der Waals surface area contributed by atoms with E-state index in [1.807, 2.05) is 41.5 Å². The fourth-order valence-electron chi connectivity index (χ4n) is 3.82. The van der Waals surface area contributed by atoms with Gasteiger partial charge in [-0.1, -0.05) is 30.8 Å². The van der Waals surface area contributed by atoms with E-state index in [0.29, 0.717) is 23.6 Å². The maximum Gasteiger partial charge on any atom is 0.338 e. The largest absolute Gasteiger partial charge is 0.497 e. The summed E-state index contributed by atoms with van der Waals surface area (Å²) in [6.07, 6.45) is 3.22. The molecule has 0 radical (unpaired) electrons. The van der Waals surface area contributed by atoms with E-state index < -0.39 is 12.0 Å². The highest BCUT2D eigenvalue weighted by Gasteiger charge is 2.41. The van der Waals surface area contributed by atoms with Crippen molar-refractivity contribution in [3.05, 3.63) is 52.2 Å². The SMILES string of the molecule is CCC1=C(C(=O)OC)[C@H](c2ccc(OC)cc2)N2C(CC(=O)NCC3CC3)=CSC2=N1. The van der Waals surface area contributed by atoms with E-state index in [9.17, 15) is 9.59 Å². The molecule has 2 aliphatic heterocycles. The average Bonchev–Trinajstić information content (AvgIpc) is 3.56. The lowest BCUT2D eigenvalue weighted by Gasteiger charge is -2.36. The molecule has 1 N–H and O–H groups in total. The lowest BCUT2D eigenvalue weighted by Crippen LogP contribution is -2.38. The van der Waals surface area contributed by atoms with Crippen molar-refractivity contribution in [2.24, 2.45) is 10.9 Å². The molecule has 31 heavy (non-hydrogen) atoms. The molecule has 7 nitrogen and oxygen atoms in total. The first kappa shape index (κ1) is 21.5. The topological polar surface area (TPSA) is 80.2 Å². The second-order valence-corrected chi connectivity index (χ2v) is 8.63. The first-order valence-corrected chi connectivity index (χ1v) is 11.4. The normalized spacial score (nSPS) is 20.1. The number of amidine groups is 1. The zero-order chi connectivity index (χ0) is 22.0. The molecule has 1 fully saturated rings. The summed E-state index contributed by atoms with van der Waals surface area (Å²) in [5, 5.41) is 5.76. The number of amides is 1. The summed E-state index contributed by atoms with van der Waals surface area (Å²) >= 11 is 1.48. The van der Waals surface area contributed by atoms with E-state index in [0.717, 1.165) is 28.7 Å². The van der Waals surface area contributed by atoms with Crippen molar-refractivity contribution in [1.29, 1.82) is 0 Å². The minimum absolute atomic E-state index is 0.0154. The number of thioether (sulfide) groups is 1. The van der Waals surface area contributed by atoms with Crippen molar-refractivity contribution in [2.45, 2.75) is 38.6 Å². The Morgan fingerprint density at radius 1 is 1.23 bits per heavy atom. The highest BCUT2D eigenvalue weighted by molar-refractivity contribution is 8.16. The van der Waals surface area contributed by atoms with Crippen molar-refractivity contribution in [1.82, 2.24) is 10.2 Å². The van der Waals surface area contributed by atoms with Gasteiger partial charge in [-0.05, 0) is 48.3 Å². The van der Waals surface area contributed by atoms with Crippen LogP contribution in [0.5, 0.6) is 5.75 Å². The van der Waals surface area contributed by atoms with E-state index in [4.69, 9.17) is 14.5 Å². The van der Waals surface area contributed by atoms with E-state index >= 15 is 0 Å². The van der Waals surface area contributed by atoms with Crippen molar-refractivity contribution >= 4 is 28.8 Å². The monoisotopic (exact) mass is 441 g/mol. The number of carbonyl (C=O) groups excluding carboxylic acids is 2. The van der Waals surface area contributed by atoms with Gasteiger partial charge in [0, 0.05) is 12.2 Å². The molecular weight excluding hydrogens is 414 g/mol. The van der Waals surface area contributed by atoms with Crippen LogP contribution in [0, 0.1) is 5.92 Å². The Kier molecular flexibility index (Phi) is 6.36. The number of benzene rings is 1. The molecule has 1 aromatic rings. The van der Waals surface area contributed by atoms with Crippen LogP contribution in [-0.4, -0.2) is 42.7 Å². The third kappa shape index (κ3) is 4.49. The van der Waals surface area contributed by atoms with Crippen LogP contribution in [0.1, 0.15) is 44.2 Å². The summed E-state index contributed by atoms with van der Waals surface area (Å²) in [4.78, 5) is 32.1. The molecule has 164 valence electrons. The summed E-state index contributed by atoms with van der Waals surface area (Å²) < 4.78 is 10.4. The first-order chi connectivity index (χ1) is 15.0. The lowest BCUT2D eigenvalue weighted by molar-refractivity contribution is -0.136. The van der Waals surface area contributed by atoms with Crippen LogP contribution in [0.15, 0.2) is 51.6 Å². The summed E-state index contributed by atoms with van der Waals surface area (Å²) in [6, 6.07) is 7.21. The number of carbonyl (C=O) groups is 2. The Morgan fingerprint density at radius 3 is 2.58 bits per heavy atom. The molecule has 8 heteroatoms. The number of ether oxygens (including phenoxy) is 2. The summed E-state index contributed by atoms with van der Waals surface area (Å²) in [5.74, 6) is 0.933. The molecule has 0 aromatic heterocycles. The number of esters is 1. The number of nitrogens with zero attached hydrogens (tertiary/aromatic N) is 2. The summed E-state index contributed by atoms with van der Waals surface area (Å²) in [6.45, 7) is 2.71. The van der Waals surface area contributed by atoms with E-state index in [2.05, 4.69) is 5.32 Å². The molecular formula is C23H27N3O4S. The van der Waals surface area contributed by atoms with E-state index in [-0.39, 0.29) is 12.3 Å². The van der Waals surface area contributed by atoms with Gasteiger partial charge in [-0.2, -0.15) is 0 Å².